The summed E-state index contributed by atoms with van der Waals surface area (Å²) in [6.07, 6.45) is 6.65. The first kappa shape index (κ1) is 17.5. The smallest absolute Gasteiger partial charge is 0.0601 e. The highest BCUT2D eigenvalue weighted by Crippen LogP contribution is 2.26. The highest BCUT2D eigenvalue weighted by atomic mass is 16.5. The number of aliphatic hydroxyl groups excluding tert-OH is 1. The number of rotatable bonds is 9. The van der Waals surface area contributed by atoms with Crippen molar-refractivity contribution in [2.45, 2.75) is 45.1 Å². The van der Waals surface area contributed by atoms with Crippen molar-refractivity contribution < 1.29 is 9.84 Å². The van der Waals surface area contributed by atoms with Gasteiger partial charge >= 0.3 is 0 Å². The summed E-state index contributed by atoms with van der Waals surface area (Å²) in [5.74, 6) is 0.698. The molecule has 0 heterocycles. The molecule has 1 aromatic carbocycles. The van der Waals surface area contributed by atoms with Gasteiger partial charge < -0.3 is 9.84 Å². The molecule has 2 atom stereocenters. The van der Waals surface area contributed by atoms with Gasteiger partial charge in [0.05, 0.1) is 19.3 Å². The lowest BCUT2D eigenvalue weighted by molar-refractivity contribution is -0.0147. The molecule has 3 heteroatoms. The summed E-state index contributed by atoms with van der Waals surface area (Å²) in [5.41, 5.74) is 1.35. The fraction of sp³-hybridized carbons (Fsp3) is 0.684. The van der Waals surface area contributed by atoms with Crippen molar-refractivity contribution in [3.63, 3.8) is 0 Å². The Hall–Kier alpha value is -0.900. The number of benzene rings is 1. The Morgan fingerprint density at radius 3 is 2.59 bits per heavy atom. The largest absolute Gasteiger partial charge is 0.395 e. The zero-order chi connectivity index (χ0) is 15.6. The first-order chi connectivity index (χ1) is 10.8. The average molecular weight is 305 g/mol. The van der Waals surface area contributed by atoms with Gasteiger partial charge in [-0.15, -0.1) is 0 Å². The summed E-state index contributed by atoms with van der Waals surface area (Å²) in [5, 5.41) is 9.24. The van der Waals surface area contributed by atoms with Crippen molar-refractivity contribution in [2.24, 2.45) is 5.92 Å². The van der Waals surface area contributed by atoms with Crippen LogP contribution in [0.15, 0.2) is 30.3 Å². The van der Waals surface area contributed by atoms with Gasteiger partial charge in [0.2, 0.25) is 0 Å². The van der Waals surface area contributed by atoms with Gasteiger partial charge in [-0.2, -0.15) is 0 Å². The van der Waals surface area contributed by atoms with Crippen LogP contribution in [-0.2, 0) is 11.2 Å². The van der Waals surface area contributed by atoms with E-state index < -0.39 is 0 Å². The highest BCUT2D eigenvalue weighted by molar-refractivity contribution is 5.14. The molecule has 0 aromatic heterocycles. The Balaban J connectivity index is 1.69. The molecule has 0 aliphatic heterocycles. The second-order valence-corrected chi connectivity index (χ2v) is 6.47. The molecular weight excluding hydrogens is 274 g/mol. The van der Waals surface area contributed by atoms with Gasteiger partial charge in [-0.3, -0.25) is 4.90 Å². The standard InChI is InChI=1S/C19H31NO2/c1-17-7-5-6-10-19(17)22-16-14-20(13-15-21)12-11-18-8-3-2-4-9-18/h2-4,8-9,17,19,21H,5-7,10-16H2,1H3. The second-order valence-electron chi connectivity index (χ2n) is 6.47. The van der Waals surface area contributed by atoms with Crippen LogP contribution in [0.4, 0.5) is 0 Å². The van der Waals surface area contributed by atoms with E-state index in [9.17, 15) is 5.11 Å². The minimum absolute atomic E-state index is 0.217. The molecule has 1 aromatic rings. The lowest BCUT2D eigenvalue weighted by Gasteiger charge is -2.30. The normalized spacial score (nSPS) is 22.1. The van der Waals surface area contributed by atoms with Gasteiger partial charge in [-0.05, 0) is 30.7 Å². The van der Waals surface area contributed by atoms with Crippen molar-refractivity contribution in [1.82, 2.24) is 4.90 Å². The zero-order valence-corrected chi connectivity index (χ0v) is 13.9. The molecule has 1 fully saturated rings. The summed E-state index contributed by atoms with van der Waals surface area (Å²) in [6, 6.07) is 10.5. The molecule has 1 saturated carbocycles. The molecule has 2 rings (SSSR count). The number of aliphatic hydroxyl groups is 1. The van der Waals surface area contributed by atoms with Crippen LogP contribution in [-0.4, -0.2) is 49.0 Å². The zero-order valence-electron chi connectivity index (χ0n) is 13.9. The van der Waals surface area contributed by atoms with E-state index in [-0.39, 0.29) is 6.61 Å². The third kappa shape index (κ3) is 6.07. The maximum Gasteiger partial charge on any atom is 0.0601 e. The monoisotopic (exact) mass is 305 g/mol. The van der Waals surface area contributed by atoms with E-state index in [1.54, 1.807) is 0 Å². The summed E-state index contributed by atoms with van der Waals surface area (Å²) in [4.78, 5) is 2.31. The van der Waals surface area contributed by atoms with Gasteiger partial charge in [0, 0.05) is 19.6 Å². The molecule has 1 aliphatic carbocycles. The lowest BCUT2D eigenvalue weighted by Crippen LogP contribution is -2.34. The quantitative estimate of drug-likeness (QED) is 0.761. The molecule has 22 heavy (non-hydrogen) atoms. The van der Waals surface area contributed by atoms with Crippen LogP contribution < -0.4 is 0 Å². The number of ether oxygens (including phenoxy) is 1. The molecule has 1 aliphatic rings. The van der Waals surface area contributed by atoms with Crippen LogP contribution in [0.1, 0.15) is 38.2 Å². The molecule has 124 valence electrons. The molecule has 1 N–H and O–H groups in total. The molecule has 0 bridgehead atoms. The predicted octanol–water partition coefficient (Wildman–Crippen LogP) is 3.12. The van der Waals surface area contributed by atoms with E-state index >= 15 is 0 Å². The van der Waals surface area contributed by atoms with E-state index in [0.29, 0.717) is 12.0 Å². The summed E-state index contributed by atoms with van der Waals surface area (Å²) in [6.45, 7) is 5.93. The van der Waals surface area contributed by atoms with Crippen LogP contribution in [0.2, 0.25) is 0 Å². The Kier molecular flexibility index (Phi) is 7.92. The van der Waals surface area contributed by atoms with Crippen LogP contribution in [0, 0.1) is 5.92 Å². The lowest BCUT2D eigenvalue weighted by atomic mass is 9.88. The predicted molar refractivity (Wildman–Crippen MR) is 91.0 cm³/mol. The minimum atomic E-state index is 0.217. The van der Waals surface area contributed by atoms with Crippen LogP contribution >= 0.6 is 0 Å². The molecule has 0 spiro atoms. The third-order valence-corrected chi connectivity index (χ3v) is 4.75. The molecule has 2 unspecified atom stereocenters. The maximum absolute atomic E-state index is 9.24. The van der Waals surface area contributed by atoms with Crippen LogP contribution in [0.25, 0.3) is 0 Å². The molecule has 0 saturated heterocycles. The highest BCUT2D eigenvalue weighted by Gasteiger charge is 2.21. The fourth-order valence-corrected chi connectivity index (χ4v) is 3.27. The Bertz CT molecular complexity index is 396. The van der Waals surface area contributed by atoms with Gasteiger partial charge in [0.25, 0.3) is 0 Å². The Morgan fingerprint density at radius 2 is 1.86 bits per heavy atom. The Morgan fingerprint density at radius 1 is 1.09 bits per heavy atom. The van der Waals surface area contributed by atoms with Crippen LogP contribution in [0.3, 0.4) is 0 Å². The van der Waals surface area contributed by atoms with Gasteiger partial charge in [0.15, 0.2) is 0 Å². The van der Waals surface area contributed by atoms with Gasteiger partial charge in [-0.25, -0.2) is 0 Å². The fourth-order valence-electron chi connectivity index (χ4n) is 3.27. The van der Waals surface area contributed by atoms with Crippen molar-refractivity contribution in [1.29, 1.82) is 0 Å². The van der Waals surface area contributed by atoms with Crippen LogP contribution in [0.5, 0.6) is 0 Å². The van der Waals surface area contributed by atoms with E-state index in [2.05, 4.69) is 36.1 Å². The number of hydrogen-bond acceptors (Lipinski definition) is 3. The van der Waals surface area contributed by atoms with Crippen molar-refractivity contribution in [2.75, 3.05) is 32.8 Å². The second kappa shape index (κ2) is 9.98. The van der Waals surface area contributed by atoms with Crippen molar-refractivity contribution in [3.05, 3.63) is 35.9 Å². The third-order valence-electron chi connectivity index (χ3n) is 4.75. The van der Waals surface area contributed by atoms with E-state index in [1.807, 2.05) is 6.07 Å². The summed E-state index contributed by atoms with van der Waals surface area (Å²) in [7, 11) is 0. The first-order valence-corrected chi connectivity index (χ1v) is 8.78. The summed E-state index contributed by atoms with van der Waals surface area (Å²) < 4.78 is 6.10. The van der Waals surface area contributed by atoms with E-state index in [1.165, 1.54) is 31.2 Å². The summed E-state index contributed by atoms with van der Waals surface area (Å²) >= 11 is 0. The SMILES string of the molecule is CC1CCCCC1OCCN(CCO)CCc1ccccc1. The number of hydrogen-bond donors (Lipinski definition) is 1. The van der Waals surface area contributed by atoms with E-state index in [4.69, 9.17) is 4.74 Å². The van der Waals surface area contributed by atoms with Gasteiger partial charge in [0.1, 0.15) is 0 Å². The molecular formula is C19H31NO2. The molecule has 0 amide bonds. The maximum atomic E-state index is 9.24. The van der Waals surface area contributed by atoms with Gasteiger partial charge in [-0.1, -0.05) is 50.1 Å². The van der Waals surface area contributed by atoms with E-state index in [0.717, 1.165) is 32.7 Å². The topological polar surface area (TPSA) is 32.7 Å². The molecule has 0 radical (unpaired) electrons. The first-order valence-electron chi connectivity index (χ1n) is 8.78. The number of nitrogens with zero attached hydrogens (tertiary/aromatic N) is 1. The minimum Gasteiger partial charge on any atom is -0.395 e. The average Bonchev–Trinajstić information content (AvgIpc) is 2.55. The van der Waals surface area contributed by atoms with Crippen molar-refractivity contribution >= 4 is 0 Å². The molecule has 3 nitrogen and oxygen atoms in total. The van der Waals surface area contributed by atoms with Crippen molar-refractivity contribution in [3.8, 4) is 0 Å². The Labute approximate surface area is 135 Å².